The Morgan fingerprint density at radius 3 is 2.78 bits per heavy atom. The van der Waals surface area contributed by atoms with E-state index in [1.54, 1.807) is 0 Å². The Bertz CT molecular complexity index is 602. The van der Waals surface area contributed by atoms with Gasteiger partial charge in [-0.15, -0.1) is 0 Å². The summed E-state index contributed by atoms with van der Waals surface area (Å²) in [7, 11) is 0. The first-order valence-electron chi connectivity index (χ1n) is 7.68. The normalized spacial score (nSPS) is 20.6. The molecule has 0 bridgehead atoms. The molecule has 1 fully saturated rings. The number of esters is 1. The third-order valence-corrected chi connectivity index (χ3v) is 4.08. The molecule has 0 saturated heterocycles. The van der Waals surface area contributed by atoms with Crippen LogP contribution in [0.1, 0.15) is 43.0 Å². The molecule has 1 aromatic carbocycles. The lowest BCUT2D eigenvalue weighted by Crippen LogP contribution is -2.42. The van der Waals surface area contributed by atoms with Crippen LogP contribution in [0, 0.1) is 16.0 Å². The zero-order valence-corrected chi connectivity index (χ0v) is 13.0. The molecule has 23 heavy (non-hydrogen) atoms. The van der Waals surface area contributed by atoms with Crippen LogP contribution < -0.4 is 5.32 Å². The van der Waals surface area contributed by atoms with E-state index in [0.717, 1.165) is 25.3 Å². The predicted octanol–water partition coefficient (Wildman–Crippen LogP) is 2.45. The summed E-state index contributed by atoms with van der Waals surface area (Å²) < 4.78 is 4.93. The van der Waals surface area contributed by atoms with Gasteiger partial charge in [-0.3, -0.25) is 14.9 Å². The highest BCUT2D eigenvalue weighted by Gasteiger charge is 2.23. The van der Waals surface area contributed by atoms with E-state index in [2.05, 4.69) is 12.2 Å². The molecule has 0 radical (unpaired) electrons. The van der Waals surface area contributed by atoms with Gasteiger partial charge in [0.1, 0.15) is 0 Å². The number of benzene rings is 1. The van der Waals surface area contributed by atoms with Crippen molar-refractivity contribution >= 4 is 17.6 Å². The Balaban J connectivity index is 1.85. The summed E-state index contributed by atoms with van der Waals surface area (Å²) >= 11 is 0. The topological polar surface area (TPSA) is 98.5 Å². The van der Waals surface area contributed by atoms with Gasteiger partial charge >= 0.3 is 5.97 Å². The lowest BCUT2D eigenvalue weighted by atomic mass is 9.86. The van der Waals surface area contributed by atoms with Gasteiger partial charge in [-0.25, -0.2) is 4.79 Å². The molecule has 0 aromatic heterocycles. The predicted molar refractivity (Wildman–Crippen MR) is 82.9 cm³/mol. The van der Waals surface area contributed by atoms with Crippen LogP contribution in [-0.2, 0) is 9.53 Å². The van der Waals surface area contributed by atoms with Crippen molar-refractivity contribution in [3.05, 3.63) is 39.9 Å². The van der Waals surface area contributed by atoms with E-state index < -0.39 is 10.9 Å². The number of hydrogen-bond acceptors (Lipinski definition) is 5. The fraction of sp³-hybridized carbons (Fsp3) is 0.500. The molecular formula is C16H20N2O5. The number of carbonyl (C=O) groups is 2. The molecular weight excluding hydrogens is 300 g/mol. The van der Waals surface area contributed by atoms with Gasteiger partial charge in [0.15, 0.2) is 6.61 Å². The monoisotopic (exact) mass is 320 g/mol. The summed E-state index contributed by atoms with van der Waals surface area (Å²) in [6, 6.07) is 5.35. The summed E-state index contributed by atoms with van der Waals surface area (Å²) in [6.07, 6.45) is 4.28. The van der Waals surface area contributed by atoms with Crippen molar-refractivity contribution < 1.29 is 19.2 Å². The second kappa shape index (κ2) is 7.71. The molecule has 1 aliphatic carbocycles. The average Bonchev–Trinajstić information content (AvgIpc) is 2.55. The second-order valence-electron chi connectivity index (χ2n) is 5.82. The summed E-state index contributed by atoms with van der Waals surface area (Å²) in [5.74, 6) is -0.678. The van der Waals surface area contributed by atoms with Crippen LogP contribution in [0.15, 0.2) is 24.3 Å². The van der Waals surface area contributed by atoms with Crippen molar-refractivity contribution in [3.8, 4) is 0 Å². The van der Waals surface area contributed by atoms with Gasteiger partial charge in [-0.1, -0.05) is 25.8 Å². The summed E-state index contributed by atoms with van der Waals surface area (Å²) in [5.41, 5.74) is -0.141. The van der Waals surface area contributed by atoms with Crippen LogP contribution in [0.25, 0.3) is 0 Å². The lowest BCUT2D eigenvalue weighted by Gasteiger charge is -2.29. The van der Waals surface area contributed by atoms with Gasteiger partial charge in [-0.05, 0) is 24.8 Å². The van der Waals surface area contributed by atoms with Crippen molar-refractivity contribution in [1.29, 1.82) is 0 Å². The second-order valence-corrected chi connectivity index (χ2v) is 5.82. The average molecular weight is 320 g/mol. The Kier molecular flexibility index (Phi) is 5.67. The number of rotatable bonds is 5. The third kappa shape index (κ3) is 4.77. The fourth-order valence-corrected chi connectivity index (χ4v) is 2.74. The molecule has 124 valence electrons. The molecule has 7 nitrogen and oxygen atoms in total. The molecule has 0 spiro atoms. The van der Waals surface area contributed by atoms with Crippen LogP contribution >= 0.6 is 0 Å². The quantitative estimate of drug-likeness (QED) is 0.510. The van der Waals surface area contributed by atoms with E-state index in [-0.39, 0.29) is 29.8 Å². The third-order valence-electron chi connectivity index (χ3n) is 4.08. The van der Waals surface area contributed by atoms with Gasteiger partial charge < -0.3 is 10.1 Å². The number of nitro benzene ring substituents is 1. The standard InChI is InChI=1S/C16H20N2O5/c1-11-5-2-3-8-14(11)17-15(19)10-23-16(20)12-6-4-7-13(9-12)18(21)22/h4,6-7,9,11,14H,2-3,5,8,10H2,1H3,(H,17,19)/t11-,14-/m0/s1. The van der Waals surface area contributed by atoms with Crippen molar-refractivity contribution in [2.75, 3.05) is 6.61 Å². The molecule has 2 atom stereocenters. The van der Waals surface area contributed by atoms with Gasteiger partial charge in [-0.2, -0.15) is 0 Å². The molecule has 1 saturated carbocycles. The number of nitrogens with zero attached hydrogens (tertiary/aromatic N) is 1. The Labute approximate surface area is 134 Å². The number of hydrogen-bond donors (Lipinski definition) is 1. The molecule has 0 heterocycles. The highest BCUT2D eigenvalue weighted by Crippen LogP contribution is 2.23. The molecule has 7 heteroatoms. The van der Waals surface area contributed by atoms with E-state index in [0.29, 0.717) is 5.92 Å². The fourth-order valence-electron chi connectivity index (χ4n) is 2.74. The van der Waals surface area contributed by atoms with E-state index in [1.165, 1.54) is 24.6 Å². The maximum atomic E-state index is 11.9. The maximum absolute atomic E-state index is 11.9. The van der Waals surface area contributed by atoms with Crippen molar-refractivity contribution in [3.63, 3.8) is 0 Å². The van der Waals surface area contributed by atoms with Crippen LogP contribution in [0.4, 0.5) is 5.69 Å². The Hall–Kier alpha value is -2.44. The van der Waals surface area contributed by atoms with Gasteiger partial charge in [0, 0.05) is 18.2 Å². The minimum atomic E-state index is -0.749. The first-order valence-corrected chi connectivity index (χ1v) is 7.68. The number of non-ortho nitro benzene ring substituents is 1. The molecule has 1 N–H and O–H groups in total. The van der Waals surface area contributed by atoms with E-state index in [9.17, 15) is 19.7 Å². The summed E-state index contributed by atoms with van der Waals surface area (Å²) in [4.78, 5) is 33.8. The molecule has 1 amide bonds. The number of nitro groups is 1. The highest BCUT2D eigenvalue weighted by atomic mass is 16.6. The van der Waals surface area contributed by atoms with E-state index >= 15 is 0 Å². The largest absolute Gasteiger partial charge is 0.452 e. The van der Waals surface area contributed by atoms with Crippen LogP contribution in [-0.4, -0.2) is 29.4 Å². The molecule has 1 aromatic rings. The van der Waals surface area contributed by atoms with Crippen LogP contribution in [0.2, 0.25) is 0 Å². The number of amides is 1. The Morgan fingerprint density at radius 2 is 2.09 bits per heavy atom. The van der Waals surface area contributed by atoms with Crippen molar-refractivity contribution in [2.45, 2.75) is 38.6 Å². The lowest BCUT2D eigenvalue weighted by molar-refractivity contribution is -0.384. The van der Waals surface area contributed by atoms with E-state index in [4.69, 9.17) is 4.74 Å². The van der Waals surface area contributed by atoms with Crippen molar-refractivity contribution in [1.82, 2.24) is 5.32 Å². The van der Waals surface area contributed by atoms with Crippen molar-refractivity contribution in [2.24, 2.45) is 5.92 Å². The number of nitrogens with one attached hydrogen (secondary N) is 1. The summed E-state index contributed by atoms with van der Waals surface area (Å²) in [5, 5.41) is 13.6. The molecule has 1 aliphatic rings. The van der Waals surface area contributed by atoms with Crippen LogP contribution in [0.5, 0.6) is 0 Å². The molecule has 2 rings (SSSR count). The van der Waals surface area contributed by atoms with Gasteiger partial charge in [0.05, 0.1) is 10.5 Å². The van der Waals surface area contributed by atoms with Crippen LogP contribution in [0.3, 0.4) is 0 Å². The first-order chi connectivity index (χ1) is 11.0. The maximum Gasteiger partial charge on any atom is 0.338 e. The number of carbonyl (C=O) groups excluding carboxylic acids is 2. The van der Waals surface area contributed by atoms with Gasteiger partial charge in [0.2, 0.25) is 0 Å². The zero-order valence-electron chi connectivity index (χ0n) is 13.0. The molecule has 0 aliphatic heterocycles. The highest BCUT2D eigenvalue weighted by molar-refractivity contribution is 5.91. The minimum Gasteiger partial charge on any atom is -0.452 e. The smallest absolute Gasteiger partial charge is 0.338 e. The number of ether oxygens (including phenoxy) is 1. The summed E-state index contributed by atoms with van der Waals surface area (Å²) in [6.45, 7) is 1.71. The Morgan fingerprint density at radius 1 is 1.35 bits per heavy atom. The molecule has 0 unspecified atom stereocenters. The minimum absolute atomic E-state index is 0.0537. The SMILES string of the molecule is C[C@H]1CCCC[C@@H]1NC(=O)COC(=O)c1cccc([N+](=O)[O-])c1. The van der Waals surface area contributed by atoms with Gasteiger partial charge in [0.25, 0.3) is 11.6 Å². The van der Waals surface area contributed by atoms with E-state index in [1.807, 2.05) is 0 Å². The zero-order chi connectivity index (χ0) is 16.8. The first kappa shape index (κ1) is 16.9.